The van der Waals surface area contributed by atoms with Crippen molar-refractivity contribution in [2.75, 3.05) is 18.9 Å². The Kier molecular flexibility index (Phi) is 5.30. The average molecular weight is 347 g/mol. The second-order valence-electron chi connectivity index (χ2n) is 5.35. The SMILES string of the molecule is Cc1cccc(NC(=O)CN(C)C(=O)c2ccc([N+](=O)[O-])s2)c1C. The van der Waals surface area contributed by atoms with Crippen LogP contribution in [0.4, 0.5) is 10.7 Å². The lowest BCUT2D eigenvalue weighted by atomic mass is 10.1. The van der Waals surface area contributed by atoms with E-state index in [-0.39, 0.29) is 22.3 Å². The Morgan fingerprint density at radius 1 is 1.25 bits per heavy atom. The Balaban J connectivity index is 2.01. The topological polar surface area (TPSA) is 92.6 Å². The molecule has 24 heavy (non-hydrogen) atoms. The molecule has 2 rings (SSSR count). The van der Waals surface area contributed by atoms with Crippen LogP contribution in [0.5, 0.6) is 0 Å². The molecule has 1 aromatic heterocycles. The molecule has 7 nitrogen and oxygen atoms in total. The number of carbonyl (C=O) groups is 2. The molecule has 0 aliphatic carbocycles. The number of thiophene rings is 1. The Hall–Kier alpha value is -2.74. The van der Waals surface area contributed by atoms with Crippen LogP contribution in [0.25, 0.3) is 0 Å². The minimum Gasteiger partial charge on any atom is -0.332 e. The summed E-state index contributed by atoms with van der Waals surface area (Å²) in [5.74, 6) is -0.755. The first-order chi connectivity index (χ1) is 11.3. The summed E-state index contributed by atoms with van der Waals surface area (Å²) < 4.78 is 0. The van der Waals surface area contributed by atoms with E-state index in [4.69, 9.17) is 0 Å². The lowest BCUT2D eigenvalue weighted by molar-refractivity contribution is -0.380. The van der Waals surface area contributed by atoms with Crippen molar-refractivity contribution in [3.63, 3.8) is 0 Å². The van der Waals surface area contributed by atoms with E-state index in [0.717, 1.165) is 22.5 Å². The number of hydrogen-bond donors (Lipinski definition) is 1. The molecule has 0 saturated carbocycles. The molecular weight excluding hydrogens is 330 g/mol. The third-order valence-corrected chi connectivity index (χ3v) is 4.61. The zero-order chi connectivity index (χ0) is 17.9. The zero-order valence-corrected chi connectivity index (χ0v) is 14.3. The standard InChI is InChI=1S/C16H17N3O4S/c1-10-5-4-6-12(11(10)2)17-14(20)9-18(3)16(21)13-7-8-15(24-13)19(22)23/h4-8H,9H2,1-3H3,(H,17,20). The lowest BCUT2D eigenvalue weighted by Crippen LogP contribution is -2.34. The van der Waals surface area contributed by atoms with Crippen LogP contribution in [0.3, 0.4) is 0 Å². The van der Waals surface area contributed by atoms with Crippen LogP contribution in [-0.2, 0) is 4.79 Å². The fourth-order valence-corrected chi connectivity index (χ4v) is 2.91. The van der Waals surface area contributed by atoms with E-state index in [2.05, 4.69) is 5.32 Å². The molecule has 0 fully saturated rings. The molecule has 0 atom stereocenters. The highest BCUT2D eigenvalue weighted by Gasteiger charge is 2.20. The summed E-state index contributed by atoms with van der Waals surface area (Å²) in [5, 5.41) is 13.3. The number of nitrogens with zero attached hydrogens (tertiary/aromatic N) is 2. The predicted octanol–water partition coefficient (Wildman–Crippen LogP) is 2.98. The van der Waals surface area contributed by atoms with Crippen LogP contribution < -0.4 is 5.32 Å². The minimum absolute atomic E-state index is 0.105. The number of benzene rings is 1. The Morgan fingerprint density at radius 3 is 2.58 bits per heavy atom. The second-order valence-corrected chi connectivity index (χ2v) is 6.41. The fraction of sp³-hybridized carbons (Fsp3) is 0.250. The molecule has 126 valence electrons. The van der Waals surface area contributed by atoms with Crippen LogP contribution in [0.2, 0.25) is 0 Å². The van der Waals surface area contributed by atoms with Gasteiger partial charge in [-0.05, 0) is 37.1 Å². The molecule has 0 spiro atoms. The van der Waals surface area contributed by atoms with E-state index in [1.165, 1.54) is 24.1 Å². The number of anilines is 1. The van der Waals surface area contributed by atoms with Crippen molar-refractivity contribution in [2.24, 2.45) is 0 Å². The maximum atomic E-state index is 12.2. The summed E-state index contributed by atoms with van der Waals surface area (Å²) in [6, 6.07) is 8.26. The normalized spacial score (nSPS) is 10.3. The largest absolute Gasteiger partial charge is 0.332 e. The summed E-state index contributed by atoms with van der Waals surface area (Å²) >= 11 is 0.791. The van der Waals surface area contributed by atoms with Crippen LogP contribution in [0, 0.1) is 24.0 Å². The van der Waals surface area contributed by atoms with Crippen molar-refractivity contribution >= 4 is 33.8 Å². The van der Waals surface area contributed by atoms with E-state index in [1.54, 1.807) is 6.07 Å². The predicted molar refractivity (Wildman–Crippen MR) is 92.5 cm³/mol. The fourth-order valence-electron chi connectivity index (χ4n) is 2.09. The number of likely N-dealkylation sites (N-methyl/N-ethyl adjacent to an activating group) is 1. The van der Waals surface area contributed by atoms with Gasteiger partial charge in [-0.1, -0.05) is 23.5 Å². The van der Waals surface area contributed by atoms with Crippen molar-refractivity contribution in [1.82, 2.24) is 4.90 Å². The Morgan fingerprint density at radius 2 is 1.96 bits per heavy atom. The molecule has 0 aliphatic rings. The third-order valence-electron chi connectivity index (χ3n) is 3.59. The maximum absolute atomic E-state index is 12.2. The van der Waals surface area contributed by atoms with Gasteiger partial charge in [0.1, 0.15) is 0 Å². The number of amides is 2. The first-order valence-electron chi connectivity index (χ1n) is 7.15. The summed E-state index contributed by atoms with van der Waals surface area (Å²) in [5.41, 5.74) is 2.73. The molecule has 1 N–H and O–H groups in total. The van der Waals surface area contributed by atoms with E-state index < -0.39 is 10.8 Å². The Labute approximate surface area is 143 Å². The van der Waals surface area contributed by atoms with Gasteiger partial charge in [-0.3, -0.25) is 19.7 Å². The maximum Gasteiger partial charge on any atom is 0.324 e. The highest BCUT2D eigenvalue weighted by Crippen LogP contribution is 2.25. The van der Waals surface area contributed by atoms with Crippen molar-refractivity contribution in [3.8, 4) is 0 Å². The van der Waals surface area contributed by atoms with Gasteiger partial charge in [0.25, 0.3) is 5.91 Å². The van der Waals surface area contributed by atoms with Gasteiger partial charge in [-0.15, -0.1) is 0 Å². The van der Waals surface area contributed by atoms with Gasteiger partial charge >= 0.3 is 5.00 Å². The minimum atomic E-state index is -0.547. The first-order valence-corrected chi connectivity index (χ1v) is 7.97. The number of nitro groups is 1. The average Bonchev–Trinajstić information content (AvgIpc) is 3.01. The number of hydrogen-bond acceptors (Lipinski definition) is 5. The van der Waals surface area contributed by atoms with E-state index >= 15 is 0 Å². The monoisotopic (exact) mass is 347 g/mol. The van der Waals surface area contributed by atoms with E-state index in [9.17, 15) is 19.7 Å². The molecule has 0 unspecified atom stereocenters. The highest BCUT2D eigenvalue weighted by atomic mass is 32.1. The van der Waals surface area contributed by atoms with Gasteiger partial charge in [0, 0.05) is 18.8 Å². The molecule has 2 aromatic rings. The van der Waals surface area contributed by atoms with E-state index in [1.807, 2.05) is 26.0 Å². The van der Waals surface area contributed by atoms with Crippen molar-refractivity contribution in [2.45, 2.75) is 13.8 Å². The smallest absolute Gasteiger partial charge is 0.324 e. The summed E-state index contributed by atoms with van der Waals surface area (Å²) in [6.07, 6.45) is 0. The summed E-state index contributed by atoms with van der Waals surface area (Å²) in [6.45, 7) is 3.72. The quantitative estimate of drug-likeness (QED) is 0.665. The van der Waals surface area contributed by atoms with Gasteiger partial charge < -0.3 is 10.2 Å². The second kappa shape index (κ2) is 7.22. The van der Waals surface area contributed by atoms with E-state index in [0.29, 0.717) is 5.69 Å². The lowest BCUT2D eigenvalue weighted by Gasteiger charge is -2.17. The molecular formula is C16H17N3O4S. The summed E-state index contributed by atoms with van der Waals surface area (Å²) in [7, 11) is 1.48. The highest BCUT2D eigenvalue weighted by molar-refractivity contribution is 7.17. The zero-order valence-electron chi connectivity index (χ0n) is 13.5. The van der Waals surface area contributed by atoms with Gasteiger partial charge in [-0.25, -0.2) is 0 Å². The molecule has 0 saturated heterocycles. The van der Waals surface area contributed by atoms with Gasteiger partial charge in [0.2, 0.25) is 5.91 Å². The Bertz CT molecular complexity index is 800. The van der Waals surface area contributed by atoms with Gasteiger partial charge in [0.05, 0.1) is 16.3 Å². The van der Waals surface area contributed by atoms with Crippen LogP contribution in [-0.4, -0.2) is 35.2 Å². The third kappa shape index (κ3) is 3.96. The summed E-state index contributed by atoms with van der Waals surface area (Å²) in [4.78, 5) is 35.9. The first kappa shape index (κ1) is 17.6. The van der Waals surface area contributed by atoms with Gasteiger partial charge in [0.15, 0.2) is 0 Å². The molecule has 1 heterocycles. The molecule has 0 radical (unpaired) electrons. The molecule has 8 heteroatoms. The van der Waals surface area contributed by atoms with Crippen molar-refractivity contribution < 1.29 is 14.5 Å². The number of aryl methyl sites for hydroxylation is 1. The molecule has 0 bridgehead atoms. The number of rotatable bonds is 5. The molecule has 1 aromatic carbocycles. The van der Waals surface area contributed by atoms with Crippen LogP contribution in [0.1, 0.15) is 20.8 Å². The van der Waals surface area contributed by atoms with Crippen molar-refractivity contribution in [1.29, 1.82) is 0 Å². The van der Waals surface area contributed by atoms with Crippen molar-refractivity contribution in [3.05, 3.63) is 56.5 Å². The van der Waals surface area contributed by atoms with Crippen LogP contribution >= 0.6 is 11.3 Å². The number of nitrogens with one attached hydrogen (secondary N) is 1. The molecule has 2 amide bonds. The van der Waals surface area contributed by atoms with Gasteiger partial charge in [-0.2, -0.15) is 0 Å². The molecule has 0 aliphatic heterocycles. The van der Waals surface area contributed by atoms with Crippen LogP contribution in [0.15, 0.2) is 30.3 Å². The number of carbonyl (C=O) groups excluding carboxylic acids is 2.